The third-order valence-electron chi connectivity index (χ3n) is 4.12. The third-order valence-corrected chi connectivity index (χ3v) is 5.39. The Morgan fingerprint density at radius 1 is 1.48 bits per heavy atom. The van der Waals surface area contributed by atoms with Gasteiger partial charge in [0.2, 0.25) is 0 Å². The number of rotatable bonds is 3. The lowest BCUT2D eigenvalue weighted by atomic mass is 10.0. The second kappa shape index (κ2) is 6.59. The highest BCUT2D eigenvalue weighted by atomic mass is 35.5. The average molecular weight is 354 g/mol. The SMILES string of the molecule is Cc1ncsc1-c1nc(N2CCN[C@@H](C(C)C)C2)c(Cl)c(=O)[nH]1. The van der Waals surface area contributed by atoms with Crippen molar-refractivity contribution in [2.24, 2.45) is 5.92 Å². The van der Waals surface area contributed by atoms with Gasteiger partial charge in [-0.25, -0.2) is 9.97 Å². The summed E-state index contributed by atoms with van der Waals surface area (Å²) in [4.78, 5) is 26.8. The Hall–Kier alpha value is -1.44. The highest BCUT2D eigenvalue weighted by Crippen LogP contribution is 2.28. The van der Waals surface area contributed by atoms with Crippen LogP contribution in [0.5, 0.6) is 0 Å². The van der Waals surface area contributed by atoms with E-state index >= 15 is 0 Å². The van der Waals surface area contributed by atoms with Crippen molar-refractivity contribution in [1.29, 1.82) is 0 Å². The largest absolute Gasteiger partial charge is 0.352 e. The number of anilines is 1. The van der Waals surface area contributed by atoms with Crippen molar-refractivity contribution >= 4 is 28.8 Å². The summed E-state index contributed by atoms with van der Waals surface area (Å²) >= 11 is 7.71. The first-order chi connectivity index (χ1) is 11.0. The fourth-order valence-electron chi connectivity index (χ4n) is 2.71. The summed E-state index contributed by atoms with van der Waals surface area (Å²) < 4.78 is 0. The Kier molecular flexibility index (Phi) is 4.70. The first kappa shape index (κ1) is 16.4. The van der Waals surface area contributed by atoms with E-state index in [1.807, 2.05) is 6.92 Å². The average Bonchev–Trinajstić information content (AvgIpc) is 2.96. The second-order valence-electron chi connectivity index (χ2n) is 6.07. The molecule has 1 aliphatic heterocycles. The first-order valence-corrected chi connectivity index (χ1v) is 8.91. The molecular weight excluding hydrogens is 334 g/mol. The molecule has 1 atom stereocenters. The smallest absolute Gasteiger partial charge is 0.272 e. The summed E-state index contributed by atoms with van der Waals surface area (Å²) in [5.41, 5.74) is 2.30. The monoisotopic (exact) mass is 353 g/mol. The molecule has 23 heavy (non-hydrogen) atoms. The van der Waals surface area contributed by atoms with Crippen molar-refractivity contribution in [3.8, 4) is 10.7 Å². The van der Waals surface area contributed by atoms with Gasteiger partial charge in [-0.1, -0.05) is 25.4 Å². The summed E-state index contributed by atoms with van der Waals surface area (Å²) in [6.07, 6.45) is 0. The molecule has 1 aliphatic rings. The van der Waals surface area contributed by atoms with Crippen molar-refractivity contribution < 1.29 is 0 Å². The van der Waals surface area contributed by atoms with E-state index in [1.165, 1.54) is 11.3 Å². The lowest BCUT2D eigenvalue weighted by Gasteiger charge is -2.36. The van der Waals surface area contributed by atoms with Crippen LogP contribution in [0.1, 0.15) is 19.5 Å². The van der Waals surface area contributed by atoms with Crippen LogP contribution in [0.25, 0.3) is 10.7 Å². The predicted octanol–water partition coefficient (Wildman–Crippen LogP) is 2.29. The number of H-pyrrole nitrogens is 1. The number of thiazole rings is 1. The topological polar surface area (TPSA) is 73.9 Å². The van der Waals surface area contributed by atoms with E-state index in [0.717, 1.165) is 30.2 Å². The fraction of sp³-hybridized carbons (Fsp3) is 0.533. The maximum absolute atomic E-state index is 12.2. The van der Waals surface area contributed by atoms with Gasteiger partial charge in [0.15, 0.2) is 11.6 Å². The molecule has 0 aliphatic carbocycles. The molecule has 8 heteroatoms. The van der Waals surface area contributed by atoms with Gasteiger partial charge in [-0.2, -0.15) is 0 Å². The lowest BCUT2D eigenvalue weighted by Crippen LogP contribution is -2.53. The van der Waals surface area contributed by atoms with Crippen LogP contribution in [0.2, 0.25) is 5.02 Å². The van der Waals surface area contributed by atoms with E-state index in [1.54, 1.807) is 5.51 Å². The van der Waals surface area contributed by atoms with Crippen LogP contribution in [-0.2, 0) is 0 Å². The van der Waals surface area contributed by atoms with Crippen LogP contribution in [0.4, 0.5) is 5.82 Å². The quantitative estimate of drug-likeness (QED) is 0.885. The summed E-state index contributed by atoms with van der Waals surface area (Å²) in [5.74, 6) is 1.60. The molecule has 0 spiro atoms. The van der Waals surface area contributed by atoms with Gasteiger partial charge in [-0.05, 0) is 12.8 Å². The summed E-state index contributed by atoms with van der Waals surface area (Å²) in [6.45, 7) is 8.68. The molecule has 0 amide bonds. The number of hydrogen-bond donors (Lipinski definition) is 2. The van der Waals surface area contributed by atoms with E-state index < -0.39 is 0 Å². The summed E-state index contributed by atoms with van der Waals surface area (Å²) in [7, 11) is 0. The Bertz CT molecular complexity index is 757. The third kappa shape index (κ3) is 3.27. The van der Waals surface area contributed by atoms with Crippen molar-refractivity contribution in [1.82, 2.24) is 20.3 Å². The Labute approximate surface area is 143 Å². The molecule has 3 rings (SSSR count). The number of piperazine rings is 1. The number of halogens is 1. The number of nitrogens with one attached hydrogen (secondary N) is 2. The van der Waals surface area contributed by atoms with Gasteiger partial charge in [0, 0.05) is 25.7 Å². The van der Waals surface area contributed by atoms with E-state index in [2.05, 4.69) is 39.0 Å². The molecule has 0 bridgehead atoms. The van der Waals surface area contributed by atoms with Crippen molar-refractivity contribution in [2.75, 3.05) is 24.5 Å². The maximum atomic E-state index is 12.2. The number of aromatic nitrogens is 3. The van der Waals surface area contributed by atoms with Gasteiger partial charge in [0.25, 0.3) is 5.56 Å². The minimum Gasteiger partial charge on any atom is -0.352 e. The van der Waals surface area contributed by atoms with Crippen LogP contribution in [-0.4, -0.2) is 40.6 Å². The van der Waals surface area contributed by atoms with E-state index in [-0.39, 0.29) is 10.6 Å². The minimum absolute atomic E-state index is 0.153. The summed E-state index contributed by atoms with van der Waals surface area (Å²) in [5, 5.41) is 3.65. The van der Waals surface area contributed by atoms with E-state index in [0.29, 0.717) is 23.6 Å². The van der Waals surface area contributed by atoms with Gasteiger partial charge in [-0.3, -0.25) is 4.79 Å². The van der Waals surface area contributed by atoms with Gasteiger partial charge in [-0.15, -0.1) is 11.3 Å². The van der Waals surface area contributed by atoms with Crippen LogP contribution < -0.4 is 15.8 Å². The first-order valence-electron chi connectivity index (χ1n) is 7.66. The zero-order chi connectivity index (χ0) is 16.6. The molecule has 2 aromatic heterocycles. The van der Waals surface area contributed by atoms with E-state index in [4.69, 9.17) is 11.6 Å². The lowest BCUT2D eigenvalue weighted by molar-refractivity contribution is 0.367. The van der Waals surface area contributed by atoms with Crippen molar-refractivity contribution in [3.05, 3.63) is 26.6 Å². The second-order valence-corrected chi connectivity index (χ2v) is 7.30. The summed E-state index contributed by atoms with van der Waals surface area (Å²) in [6, 6.07) is 0.356. The Morgan fingerprint density at radius 2 is 2.26 bits per heavy atom. The predicted molar refractivity (Wildman–Crippen MR) is 94.6 cm³/mol. The number of nitrogens with zero attached hydrogens (tertiary/aromatic N) is 3. The zero-order valence-corrected chi connectivity index (χ0v) is 15.0. The van der Waals surface area contributed by atoms with Gasteiger partial charge in [0.05, 0.1) is 16.1 Å². The van der Waals surface area contributed by atoms with Gasteiger partial charge >= 0.3 is 0 Å². The zero-order valence-electron chi connectivity index (χ0n) is 13.4. The van der Waals surface area contributed by atoms with E-state index in [9.17, 15) is 4.79 Å². The number of hydrogen-bond acceptors (Lipinski definition) is 6. The van der Waals surface area contributed by atoms with Crippen LogP contribution >= 0.6 is 22.9 Å². The van der Waals surface area contributed by atoms with Gasteiger partial charge in [0.1, 0.15) is 5.02 Å². The molecular formula is C15H20ClN5OS. The maximum Gasteiger partial charge on any atom is 0.272 e. The molecule has 0 aromatic carbocycles. The molecule has 0 unspecified atom stereocenters. The molecule has 0 saturated carbocycles. The molecule has 1 saturated heterocycles. The molecule has 124 valence electrons. The molecule has 2 aromatic rings. The Balaban J connectivity index is 2.00. The highest BCUT2D eigenvalue weighted by molar-refractivity contribution is 7.13. The number of aromatic amines is 1. The van der Waals surface area contributed by atoms with Crippen LogP contribution in [0, 0.1) is 12.8 Å². The molecule has 0 radical (unpaired) electrons. The fourth-order valence-corrected chi connectivity index (χ4v) is 3.67. The molecule has 6 nitrogen and oxygen atoms in total. The van der Waals surface area contributed by atoms with Crippen molar-refractivity contribution in [3.63, 3.8) is 0 Å². The van der Waals surface area contributed by atoms with Crippen molar-refractivity contribution in [2.45, 2.75) is 26.8 Å². The normalized spacial score (nSPS) is 18.7. The minimum atomic E-state index is -0.306. The van der Waals surface area contributed by atoms with Crippen LogP contribution in [0.15, 0.2) is 10.3 Å². The molecule has 3 heterocycles. The van der Waals surface area contributed by atoms with Crippen LogP contribution in [0.3, 0.4) is 0 Å². The molecule has 1 fully saturated rings. The number of aryl methyl sites for hydroxylation is 1. The molecule has 2 N–H and O–H groups in total. The highest BCUT2D eigenvalue weighted by Gasteiger charge is 2.26. The standard InChI is InChI=1S/C15H20ClN5OS/c1-8(2)10-6-21(5-4-17-10)14-11(16)15(22)20-13(19-14)12-9(3)18-7-23-12/h7-8,10,17H,4-6H2,1-3H3,(H,19,20,22)/t10-/m1/s1. The van der Waals surface area contributed by atoms with Gasteiger partial charge < -0.3 is 15.2 Å². The Morgan fingerprint density at radius 3 is 2.91 bits per heavy atom.